The number of nitrogens with zero attached hydrogens (tertiary/aromatic N) is 4. The summed E-state index contributed by atoms with van der Waals surface area (Å²) in [5, 5.41) is 5.77. The topological polar surface area (TPSA) is 51.0 Å². The Hall–Kier alpha value is -2.76. The summed E-state index contributed by atoms with van der Waals surface area (Å²) in [6.45, 7) is 5.90. The Morgan fingerprint density at radius 1 is 1.13 bits per heavy atom. The second kappa shape index (κ2) is 7.49. The third-order valence-electron chi connectivity index (χ3n) is 6.42. The summed E-state index contributed by atoms with van der Waals surface area (Å²) in [5.41, 5.74) is 4.03. The minimum atomic E-state index is -0.282. The molecule has 2 fully saturated rings. The van der Waals surface area contributed by atoms with Gasteiger partial charge in [-0.25, -0.2) is 14.1 Å². The standard InChI is InChI=1S/C24H27FN4O/c1-3-18-14-20(24(30)28-12-10-15(2)11-13-28)21-22(16-4-5-16)27-29(23(21)26-18)19-8-6-17(25)7-9-19/h6-9,14-16H,3-5,10-13H2,1-2H3. The smallest absolute Gasteiger partial charge is 0.254 e. The summed E-state index contributed by atoms with van der Waals surface area (Å²) < 4.78 is 15.3. The lowest BCUT2D eigenvalue weighted by Gasteiger charge is -2.30. The summed E-state index contributed by atoms with van der Waals surface area (Å²) in [5.74, 6) is 0.844. The predicted molar refractivity (Wildman–Crippen MR) is 114 cm³/mol. The summed E-state index contributed by atoms with van der Waals surface area (Å²) in [7, 11) is 0. The van der Waals surface area contributed by atoms with E-state index in [1.807, 2.05) is 17.9 Å². The molecule has 5 rings (SSSR count). The van der Waals surface area contributed by atoms with E-state index < -0.39 is 0 Å². The van der Waals surface area contributed by atoms with Gasteiger partial charge in [0, 0.05) is 24.7 Å². The number of amides is 1. The van der Waals surface area contributed by atoms with Gasteiger partial charge in [-0.2, -0.15) is 5.10 Å². The quantitative estimate of drug-likeness (QED) is 0.621. The molecule has 5 nitrogen and oxygen atoms in total. The van der Waals surface area contributed by atoms with Gasteiger partial charge in [-0.15, -0.1) is 0 Å². The molecule has 1 aromatic carbocycles. The molecule has 0 atom stereocenters. The molecule has 2 aromatic heterocycles. The number of pyridine rings is 1. The van der Waals surface area contributed by atoms with Crippen molar-refractivity contribution in [2.45, 2.75) is 51.9 Å². The molecule has 1 saturated heterocycles. The molecule has 1 amide bonds. The molecule has 0 radical (unpaired) electrons. The number of piperidine rings is 1. The Labute approximate surface area is 175 Å². The van der Waals surface area contributed by atoms with Crippen molar-refractivity contribution >= 4 is 16.9 Å². The van der Waals surface area contributed by atoms with Crippen LogP contribution in [0.25, 0.3) is 16.7 Å². The highest BCUT2D eigenvalue weighted by Gasteiger charge is 2.33. The summed E-state index contributed by atoms with van der Waals surface area (Å²) in [6.07, 6.45) is 5.00. The zero-order valence-electron chi connectivity index (χ0n) is 17.6. The Morgan fingerprint density at radius 3 is 2.47 bits per heavy atom. The first-order chi connectivity index (χ1) is 14.5. The van der Waals surface area contributed by atoms with Crippen LogP contribution in [0.3, 0.4) is 0 Å². The number of benzene rings is 1. The molecule has 2 aliphatic rings. The lowest BCUT2D eigenvalue weighted by atomic mass is 9.97. The Balaban J connectivity index is 1.68. The number of rotatable bonds is 4. The minimum Gasteiger partial charge on any atom is -0.339 e. The van der Waals surface area contributed by atoms with E-state index in [1.54, 1.807) is 16.8 Å². The van der Waals surface area contributed by atoms with Gasteiger partial charge >= 0.3 is 0 Å². The third-order valence-corrected chi connectivity index (χ3v) is 6.42. The zero-order valence-corrected chi connectivity index (χ0v) is 17.6. The molecule has 0 bridgehead atoms. The van der Waals surface area contributed by atoms with Gasteiger partial charge in [-0.3, -0.25) is 4.79 Å². The van der Waals surface area contributed by atoms with Crippen LogP contribution in [-0.4, -0.2) is 38.7 Å². The maximum atomic E-state index is 13.6. The van der Waals surface area contributed by atoms with Crippen molar-refractivity contribution in [3.63, 3.8) is 0 Å². The average Bonchev–Trinajstić information content (AvgIpc) is 3.54. The lowest BCUT2D eigenvalue weighted by Crippen LogP contribution is -2.38. The monoisotopic (exact) mass is 406 g/mol. The Bertz CT molecular complexity index is 1090. The van der Waals surface area contributed by atoms with E-state index in [9.17, 15) is 9.18 Å². The third kappa shape index (κ3) is 3.38. The van der Waals surface area contributed by atoms with Crippen LogP contribution < -0.4 is 0 Å². The van der Waals surface area contributed by atoms with Crippen LogP contribution in [0.4, 0.5) is 4.39 Å². The predicted octanol–water partition coefficient (Wildman–Crippen LogP) is 4.87. The first-order valence-electron chi connectivity index (χ1n) is 11.0. The molecular weight excluding hydrogens is 379 g/mol. The Kier molecular flexibility index (Phi) is 4.80. The average molecular weight is 407 g/mol. The van der Waals surface area contributed by atoms with Crippen LogP contribution in [0.5, 0.6) is 0 Å². The highest BCUT2D eigenvalue weighted by molar-refractivity contribution is 6.07. The number of aryl methyl sites for hydroxylation is 1. The number of aromatic nitrogens is 3. The van der Waals surface area contributed by atoms with Crippen molar-refractivity contribution in [2.24, 2.45) is 5.92 Å². The van der Waals surface area contributed by atoms with Gasteiger partial charge in [0.2, 0.25) is 0 Å². The van der Waals surface area contributed by atoms with Crippen LogP contribution in [0.15, 0.2) is 30.3 Å². The molecule has 1 saturated carbocycles. The van der Waals surface area contributed by atoms with E-state index in [0.717, 1.165) is 73.2 Å². The largest absolute Gasteiger partial charge is 0.339 e. The maximum absolute atomic E-state index is 13.6. The first-order valence-corrected chi connectivity index (χ1v) is 11.0. The second-order valence-corrected chi connectivity index (χ2v) is 8.74. The van der Waals surface area contributed by atoms with Gasteiger partial charge < -0.3 is 4.90 Å². The van der Waals surface area contributed by atoms with Gasteiger partial charge in [-0.05, 0) is 68.4 Å². The number of carbonyl (C=O) groups excluding carboxylic acids is 1. The SMILES string of the molecule is CCc1cc(C(=O)N2CCC(C)CC2)c2c(C3CC3)nn(-c3ccc(F)cc3)c2n1. The maximum Gasteiger partial charge on any atom is 0.254 e. The van der Waals surface area contributed by atoms with Gasteiger partial charge in [0.25, 0.3) is 5.91 Å². The van der Waals surface area contributed by atoms with Crippen molar-refractivity contribution in [2.75, 3.05) is 13.1 Å². The molecule has 0 unspecified atom stereocenters. The number of halogens is 1. The Morgan fingerprint density at radius 2 is 1.83 bits per heavy atom. The lowest BCUT2D eigenvalue weighted by molar-refractivity contribution is 0.0699. The summed E-state index contributed by atoms with van der Waals surface area (Å²) in [4.78, 5) is 20.4. The first kappa shape index (κ1) is 19.2. The van der Waals surface area contributed by atoms with Gasteiger partial charge in [-0.1, -0.05) is 13.8 Å². The van der Waals surface area contributed by atoms with Crippen molar-refractivity contribution < 1.29 is 9.18 Å². The van der Waals surface area contributed by atoms with E-state index in [-0.39, 0.29) is 11.7 Å². The molecule has 156 valence electrons. The molecule has 0 spiro atoms. The van der Waals surface area contributed by atoms with Crippen LogP contribution in [0, 0.1) is 11.7 Å². The molecule has 6 heteroatoms. The van der Waals surface area contributed by atoms with Crippen molar-refractivity contribution in [1.29, 1.82) is 0 Å². The normalized spacial score (nSPS) is 17.6. The molecule has 0 N–H and O–H groups in total. The number of likely N-dealkylation sites (tertiary alicyclic amines) is 1. The fourth-order valence-electron chi connectivity index (χ4n) is 4.33. The van der Waals surface area contributed by atoms with Crippen LogP contribution >= 0.6 is 0 Å². The number of fused-ring (bicyclic) bond motifs is 1. The van der Waals surface area contributed by atoms with E-state index in [2.05, 4.69) is 6.92 Å². The highest BCUT2D eigenvalue weighted by atomic mass is 19.1. The fourth-order valence-corrected chi connectivity index (χ4v) is 4.33. The van der Waals surface area contributed by atoms with Crippen molar-refractivity contribution in [3.05, 3.63) is 53.1 Å². The number of carbonyl (C=O) groups is 1. The molecule has 1 aliphatic carbocycles. The van der Waals surface area contributed by atoms with Gasteiger partial charge in [0.15, 0.2) is 5.65 Å². The van der Waals surface area contributed by atoms with Gasteiger partial charge in [0.05, 0.1) is 22.3 Å². The number of hydrogen-bond acceptors (Lipinski definition) is 3. The summed E-state index contributed by atoms with van der Waals surface area (Å²) >= 11 is 0. The second-order valence-electron chi connectivity index (χ2n) is 8.74. The molecule has 30 heavy (non-hydrogen) atoms. The minimum absolute atomic E-state index is 0.0876. The fraction of sp³-hybridized carbons (Fsp3) is 0.458. The molecule has 3 heterocycles. The molecule has 3 aromatic rings. The van der Waals surface area contributed by atoms with Crippen molar-refractivity contribution in [1.82, 2.24) is 19.7 Å². The van der Waals surface area contributed by atoms with Gasteiger partial charge in [0.1, 0.15) is 5.82 Å². The number of hydrogen-bond donors (Lipinski definition) is 0. The zero-order chi connectivity index (χ0) is 20.8. The van der Waals surface area contributed by atoms with Crippen LogP contribution in [-0.2, 0) is 6.42 Å². The summed E-state index contributed by atoms with van der Waals surface area (Å²) in [6, 6.07) is 8.26. The van der Waals surface area contributed by atoms with E-state index in [0.29, 0.717) is 17.5 Å². The van der Waals surface area contributed by atoms with E-state index in [4.69, 9.17) is 10.1 Å². The highest BCUT2D eigenvalue weighted by Crippen LogP contribution is 2.44. The van der Waals surface area contributed by atoms with E-state index >= 15 is 0 Å². The van der Waals surface area contributed by atoms with Crippen LogP contribution in [0.2, 0.25) is 0 Å². The van der Waals surface area contributed by atoms with Crippen LogP contribution in [0.1, 0.15) is 67.2 Å². The van der Waals surface area contributed by atoms with Crippen molar-refractivity contribution in [3.8, 4) is 5.69 Å². The molecule has 1 aliphatic heterocycles. The molecular formula is C24H27FN4O. The van der Waals surface area contributed by atoms with E-state index in [1.165, 1.54) is 12.1 Å².